The van der Waals surface area contributed by atoms with Crippen LogP contribution in [0.15, 0.2) is 0 Å². The number of nitrogens with two attached hydrogens (primary N) is 1. The molecule has 0 aromatic carbocycles. The molecule has 0 aromatic rings. The number of amides is 3. The first-order chi connectivity index (χ1) is 6.02. The van der Waals surface area contributed by atoms with Crippen LogP contribution in [0.2, 0.25) is 0 Å². The van der Waals surface area contributed by atoms with Gasteiger partial charge in [0.2, 0.25) is 5.91 Å². The summed E-state index contributed by atoms with van der Waals surface area (Å²) in [5.41, 5.74) is 4.77. The Morgan fingerprint density at radius 2 is 1.92 bits per heavy atom. The third-order valence-corrected chi connectivity index (χ3v) is 1.70. The molecule has 0 saturated carbocycles. The molecule has 0 rings (SSSR count). The molecule has 3 N–H and O–H groups in total. The Bertz CT molecular complexity index is 178. The van der Waals surface area contributed by atoms with Crippen LogP contribution in [-0.2, 0) is 4.79 Å². The number of hydrogen-bond donors (Lipinski definition) is 2. The van der Waals surface area contributed by atoms with Crippen molar-refractivity contribution in [3.8, 4) is 0 Å². The Balaban J connectivity index is 3.32. The van der Waals surface area contributed by atoms with Crippen LogP contribution in [-0.4, -0.2) is 11.9 Å². The van der Waals surface area contributed by atoms with Gasteiger partial charge in [0.1, 0.15) is 0 Å². The van der Waals surface area contributed by atoms with Crippen LogP contribution in [0.5, 0.6) is 0 Å². The van der Waals surface area contributed by atoms with Gasteiger partial charge in [-0.3, -0.25) is 10.1 Å². The van der Waals surface area contributed by atoms with E-state index < -0.39 is 6.03 Å². The van der Waals surface area contributed by atoms with Crippen molar-refractivity contribution in [1.82, 2.24) is 5.32 Å². The molecule has 3 amide bonds. The molecular weight excluding hydrogens is 168 g/mol. The summed E-state index contributed by atoms with van der Waals surface area (Å²) < 4.78 is 0. The lowest BCUT2D eigenvalue weighted by Gasteiger charge is -2.03. The van der Waals surface area contributed by atoms with Crippen LogP contribution in [0.3, 0.4) is 0 Å². The van der Waals surface area contributed by atoms with Gasteiger partial charge in [-0.25, -0.2) is 4.79 Å². The Hall–Kier alpha value is -1.06. The van der Waals surface area contributed by atoms with E-state index in [0.717, 1.165) is 19.3 Å². The van der Waals surface area contributed by atoms with Crippen LogP contribution in [0.1, 0.15) is 39.5 Å². The zero-order valence-corrected chi connectivity index (χ0v) is 8.30. The molecule has 0 saturated heterocycles. The van der Waals surface area contributed by atoms with Gasteiger partial charge >= 0.3 is 6.03 Å². The molecule has 0 radical (unpaired) electrons. The van der Waals surface area contributed by atoms with E-state index in [1.807, 2.05) is 5.32 Å². The summed E-state index contributed by atoms with van der Waals surface area (Å²) in [4.78, 5) is 21.1. The number of imide groups is 1. The maximum atomic E-state index is 10.9. The van der Waals surface area contributed by atoms with Gasteiger partial charge in [0, 0.05) is 6.42 Å². The molecule has 0 heterocycles. The van der Waals surface area contributed by atoms with E-state index in [1.54, 1.807) is 0 Å². The largest absolute Gasteiger partial charge is 0.351 e. The average Bonchev–Trinajstić information content (AvgIpc) is 1.96. The van der Waals surface area contributed by atoms with Gasteiger partial charge in [-0.15, -0.1) is 0 Å². The second-order valence-corrected chi connectivity index (χ2v) is 3.55. The van der Waals surface area contributed by atoms with E-state index in [-0.39, 0.29) is 5.91 Å². The van der Waals surface area contributed by atoms with Crippen molar-refractivity contribution < 1.29 is 9.59 Å². The second-order valence-electron chi connectivity index (χ2n) is 3.55. The fraction of sp³-hybridized carbons (Fsp3) is 0.778. The average molecular weight is 186 g/mol. The summed E-state index contributed by atoms with van der Waals surface area (Å²) in [7, 11) is 0. The lowest BCUT2D eigenvalue weighted by molar-refractivity contribution is -0.120. The van der Waals surface area contributed by atoms with Gasteiger partial charge in [0.25, 0.3) is 0 Å². The molecule has 0 atom stereocenters. The van der Waals surface area contributed by atoms with Crippen molar-refractivity contribution in [2.75, 3.05) is 0 Å². The number of unbranched alkanes of at least 4 members (excludes halogenated alkanes) is 1. The lowest BCUT2D eigenvalue weighted by Crippen LogP contribution is -2.34. The standard InChI is InChI=1S/C9H18N2O2/c1-7(2)5-3-4-6-8(12)11-9(10)13/h7H,3-6H2,1-2H3,(H3,10,11,12,13). The summed E-state index contributed by atoms with van der Waals surface area (Å²) in [6.07, 6.45) is 3.33. The van der Waals surface area contributed by atoms with Gasteiger partial charge in [-0.1, -0.05) is 26.7 Å². The predicted octanol–water partition coefficient (Wildman–Crippen LogP) is 1.40. The van der Waals surface area contributed by atoms with Crippen LogP contribution >= 0.6 is 0 Å². The maximum absolute atomic E-state index is 10.9. The third-order valence-electron chi connectivity index (χ3n) is 1.70. The quantitative estimate of drug-likeness (QED) is 0.637. The monoisotopic (exact) mass is 186 g/mol. The highest BCUT2D eigenvalue weighted by Crippen LogP contribution is 2.07. The Morgan fingerprint density at radius 1 is 1.31 bits per heavy atom. The summed E-state index contributed by atoms with van der Waals surface area (Å²) in [6.45, 7) is 4.28. The first-order valence-electron chi connectivity index (χ1n) is 4.61. The second kappa shape index (κ2) is 6.46. The molecule has 0 aromatic heterocycles. The minimum absolute atomic E-state index is 0.281. The molecular formula is C9H18N2O2. The van der Waals surface area contributed by atoms with E-state index >= 15 is 0 Å². The normalized spacial score (nSPS) is 10.1. The lowest BCUT2D eigenvalue weighted by atomic mass is 10.1. The number of carbonyl (C=O) groups excluding carboxylic acids is 2. The van der Waals surface area contributed by atoms with E-state index in [9.17, 15) is 9.59 Å². The molecule has 76 valence electrons. The van der Waals surface area contributed by atoms with Crippen LogP contribution < -0.4 is 11.1 Å². The number of nitrogens with one attached hydrogen (secondary N) is 1. The topological polar surface area (TPSA) is 72.2 Å². The van der Waals surface area contributed by atoms with E-state index in [0.29, 0.717) is 12.3 Å². The fourth-order valence-corrected chi connectivity index (χ4v) is 1.04. The zero-order valence-electron chi connectivity index (χ0n) is 8.30. The highest BCUT2D eigenvalue weighted by molar-refractivity contribution is 5.93. The van der Waals surface area contributed by atoms with E-state index in [1.165, 1.54) is 0 Å². The van der Waals surface area contributed by atoms with Gasteiger partial charge in [-0.2, -0.15) is 0 Å². The van der Waals surface area contributed by atoms with Crippen LogP contribution in [0, 0.1) is 5.92 Å². The van der Waals surface area contributed by atoms with Crippen LogP contribution in [0.4, 0.5) is 4.79 Å². The van der Waals surface area contributed by atoms with Gasteiger partial charge in [-0.05, 0) is 12.3 Å². The summed E-state index contributed by atoms with van der Waals surface area (Å²) in [5, 5.41) is 2.03. The highest BCUT2D eigenvalue weighted by atomic mass is 16.2. The minimum Gasteiger partial charge on any atom is -0.351 e. The van der Waals surface area contributed by atoms with Crippen molar-refractivity contribution in [1.29, 1.82) is 0 Å². The molecule has 0 fully saturated rings. The van der Waals surface area contributed by atoms with Gasteiger partial charge < -0.3 is 5.73 Å². The minimum atomic E-state index is -0.770. The zero-order chi connectivity index (χ0) is 10.3. The van der Waals surface area contributed by atoms with Crippen molar-refractivity contribution in [3.63, 3.8) is 0 Å². The van der Waals surface area contributed by atoms with E-state index in [4.69, 9.17) is 5.73 Å². The van der Waals surface area contributed by atoms with Crippen molar-refractivity contribution >= 4 is 11.9 Å². The van der Waals surface area contributed by atoms with Crippen LogP contribution in [0.25, 0.3) is 0 Å². The van der Waals surface area contributed by atoms with Gasteiger partial charge in [0.05, 0.1) is 0 Å². The number of hydrogen-bond acceptors (Lipinski definition) is 2. The van der Waals surface area contributed by atoms with Crippen molar-refractivity contribution in [2.45, 2.75) is 39.5 Å². The van der Waals surface area contributed by atoms with E-state index in [2.05, 4.69) is 13.8 Å². The molecule has 0 unspecified atom stereocenters. The maximum Gasteiger partial charge on any atom is 0.318 e. The summed E-state index contributed by atoms with van der Waals surface area (Å²) in [5.74, 6) is 0.385. The number of urea groups is 1. The first-order valence-corrected chi connectivity index (χ1v) is 4.61. The SMILES string of the molecule is CC(C)CCCCC(=O)NC(N)=O. The van der Waals surface area contributed by atoms with Gasteiger partial charge in [0.15, 0.2) is 0 Å². The molecule has 0 aliphatic rings. The number of carbonyl (C=O) groups is 2. The molecule has 0 spiro atoms. The number of primary amides is 1. The molecule has 4 nitrogen and oxygen atoms in total. The Labute approximate surface area is 78.9 Å². The first kappa shape index (κ1) is 11.9. The van der Waals surface area contributed by atoms with Crippen molar-refractivity contribution in [3.05, 3.63) is 0 Å². The Kier molecular flexibility index (Phi) is 5.93. The number of rotatable bonds is 5. The molecule has 0 aliphatic heterocycles. The highest BCUT2D eigenvalue weighted by Gasteiger charge is 2.03. The predicted molar refractivity (Wildman–Crippen MR) is 51.0 cm³/mol. The summed E-state index contributed by atoms with van der Waals surface area (Å²) in [6, 6.07) is -0.770. The fourth-order valence-electron chi connectivity index (χ4n) is 1.04. The van der Waals surface area contributed by atoms with Crippen molar-refractivity contribution in [2.24, 2.45) is 11.7 Å². The smallest absolute Gasteiger partial charge is 0.318 e. The molecule has 0 aliphatic carbocycles. The Morgan fingerprint density at radius 3 is 2.38 bits per heavy atom. The summed E-state index contributed by atoms with van der Waals surface area (Å²) >= 11 is 0. The third kappa shape index (κ3) is 8.85. The molecule has 4 heteroatoms. The molecule has 13 heavy (non-hydrogen) atoms. The molecule has 0 bridgehead atoms.